The third-order valence-electron chi connectivity index (χ3n) is 4.37. The Morgan fingerprint density at radius 2 is 1.96 bits per heavy atom. The quantitative estimate of drug-likeness (QED) is 0.941. The number of ether oxygens (including phenoxy) is 1. The summed E-state index contributed by atoms with van der Waals surface area (Å²) in [5.74, 6) is -0.552. The molecule has 0 spiro atoms. The molecule has 1 aromatic heterocycles. The molecule has 1 fully saturated rings. The van der Waals surface area contributed by atoms with Gasteiger partial charge in [-0.05, 0) is 45.7 Å². The van der Waals surface area contributed by atoms with Gasteiger partial charge in [0, 0.05) is 6.04 Å². The van der Waals surface area contributed by atoms with Crippen molar-refractivity contribution in [1.82, 2.24) is 15.1 Å². The Morgan fingerprint density at radius 3 is 2.62 bits per heavy atom. The van der Waals surface area contributed by atoms with Crippen LogP contribution in [0.5, 0.6) is 0 Å². The summed E-state index contributed by atoms with van der Waals surface area (Å²) in [7, 11) is 0. The van der Waals surface area contributed by atoms with E-state index in [2.05, 4.69) is 10.4 Å². The molecule has 6 heteroatoms. The molecule has 2 atom stereocenters. The fraction of sp³-hybridized carbons (Fsp3) is 0.444. The number of rotatable bonds is 3. The van der Waals surface area contributed by atoms with E-state index in [0.717, 1.165) is 12.8 Å². The zero-order valence-electron chi connectivity index (χ0n) is 14.1. The molecular formula is C18H22FN3O2. The van der Waals surface area contributed by atoms with Crippen LogP contribution in [0.2, 0.25) is 0 Å². The van der Waals surface area contributed by atoms with Gasteiger partial charge in [-0.25, -0.2) is 9.07 Å². The van der Waals surface area contributed by atoms with Gasteiger partial charge in [-0.3, -0.25) is 4.79 Å². The zero-order chi connectivity index (χ0) is 17.3. The summed E-state index contributed by atoms with van der Waals surface area (Å²) in [4.78, 5) is 12.6. The van der Waals surface area contributed by atoms with Gasteiger partial charge in [-0.1, -0.05) is 12.1 Å². The molecule has 5 nitrogen and oxygen atoms in total. The number of nitrogens with zero attached hydrogens (tertiary/aromatic N) is 2. The van der Waals surface area contributed by atoms with Crippen molar-refractivity contribution in [1.29, 1.82) is 0 Å². The Hall–Kier alpha value is -2.21. The molecule has 1 amide bonds. The predicted molar refractivity (Wildman–Crippen MR) is 88.8 cm³/mol. The van der Waals surface area contributed by atoms with Crippen molar-refractivity contribution in [2.24, 2.45) is 0 Å². The lowest BCUT2D eigenvalue weighted by Gasteiger charge is -2.32. The molecule has 0 radical (unpaired) electrons. The van der Waals surface area contributed by atoms with E-state index < -0.39 is 0 Å². The number of hydrogen-bond acceptors (Lipinski definition) is 3. The van der Waals surface area contributed by atoms with Gasteiger partial charge in [-0.2, -0.15) is 5.10 Å². The van der Waals surface area contributed by atoms with Crippen LogP contribution in [0.4, 0.5) is 4.39 Å². The zero-order valence-corrected chi connectivity index (χ0v) is 14.1. The van der Waals surface area contributed by atoms with Crippen LogP contribution in [0, 0.1) is 12.7 Å². The Labute approximate surface area is 140 Å². The fourth-order valence-corrected chi connectivity index (χ4v) is 3.29. The fourth-order valence-electron chi connectivity index (χ4n) is 3.29. The second-order valence-corrected chi connectivity index (χ2v) is 6.41. The molecule has 2 heterocycles. The van der Waals surface area contributed by atoms with Crippen molar-refractivity contribution in [3.8, 4) is 5.69 Å². The largest absolute Gasteiger partial charge is 0.375 e. The Balaban J connectivity index is 1.78. The minimum Gasteiger partial charge on any atom is -0.375 e. The molecule has 1 aromatic carbocycles. The molecule has 24 heavy (non-hydrogen) atoms. The van der Waals surface area contributed by atoms with Crippen LogP contribution in [0.25, 0.3) is 5.69 Å². The van der Waals surface area contributed by atoms with Crippen LogP contribution < -0.4 is 5.32 Å². The summed E-state index contributed by atoms with van der Waals surface area (Å²) in [5, 5.41) is 7.23. The van der Waals surface area contributed by atoms with Gasteiger partial charge in [0.15, 0.2) is 0 Å². The first-order valence-corrected chi connectivity index (χ1v) is 8.21. The summed E-state index contributed by atoms with van der Waals surface area (Å²) < 4.78 is 21.1. The third kappa shape index (κ3) is 3.33. The highest BCUT2D eigenvalue weighted by atomic mass is 19.1. The number of halogens is 1. The average molecular weight is 331 g/mol. The summed E-state index contributed by atoms with van der Waals surface area (Å²) in [6.45, 7) is 5.79. The van der Waals surface area contributed by atoms with Crippen molar-refractivity contribution in [2.45, 2.75) is 51.9 Å². The van der Waals surface area contributed by atoms with Gasteiger partial charge in [0.1, 0.15) is 11.5 Å². The van der Waals surface area contributed by atoms with E-state index in [-0.39, 0.29) is 30.0 Å². The van der Waals surface area contributed by atoms with Crippen LogP contribution in [-0.2, 0) is 4.74 Å². The minimum absolute atomic E-state index is 0.0764. The van der Waals surface area contributed by atoms with Crippen molar-refractivity contribution < 1.29 is 13.9 Å². The first-order valence-electron chi connectivity index (χ1n) is 8.21. The molecule has 1 saturated heterocycles. The van der Waals surface area contributed by atoms with E-state index in [9.17, 15) is 9.18 Å². The van der Waals surface area contributed by atoms with Gasteiger partial charge in [0.2, 0.25) is 0 Å². The maximum atomic E-state index is 13.9. The van der Waals surface area contributed by atoms with Crippen molar-refractivity contribution in [3.05, 3.63) is 47.5 Å². The molecule has 0 saturated carbocycles. The number of aromatic nitrogens is 2. The summed E-state index contributed by atoms with van der Waals surface area (Å²) in [6, 6.07) is 6.45. The molecule has 128 valence electrons. The monoisotopic (exact) mass is 331 g/mol. The third-order valence-corrected chi connectivity index (χ3v) is 4.37. The van der Waals surface area contributed by atoms with Crippen LogP contribution in [-0.4, -0.2) is 33.9 Å². The van der Waals surface area contributed by atoms with E-state index in [1.807, 2.05) is 13.8 Å². The Kier molecular flexibility index (Phi) is 4.66. The smallest absolute Gasteiger partial charge is 0.254 e. The SMILES string of the molecule is Cc1c(C(=O)NC2C[C@@H](C)O[C@H](C)C2)cnn1-c1ccccc1F. The number of hydrogen-bond donors (Lipinski definition) is 1. The van der Waals surface area contributed by atoms with Crippen LogP contribution in [0.15, 0.2) is 30.5 Å². The summed E-state index contributed by atoms with van der Waals surface area (Å²) in [6.07, 6.45) is 3.32. The van der Waals surface area contributed by atoms with E-state index in [0.29, 0.717) is 16.9 Å². The van der Waals surface area contributed by atoms with Gasteiger partial charge >= 0.3 is 0 Å². The van der Waals surface area contributed by atoms with E-state index in [4.69, 9.17) is 4.74 Å². The normalized spacial score (nSPS) is 23.9. The molecule has 2 aromatic rings. The molecule has 3 rings (SSSR count). The molecule has 0 unspecified atom stereocenters. The lowest BCUT2D eigenvalue weighted by Crippen LogP contribution is -2.44. The first-order chi connectivity index (χ1) is 11.5. The first kappa shape index (κ1) is 16.6. The number of para-hydroxylation sites is 1. The second kappa shape index (κ2) is 6.73. The maximum Gasteiger partial charge on any atom is 0.254 e. The topological polar surface area (TPSA) is 56.1 Å². The lowest BCUT2D eigenvalue weighted by molar-refractivity contribution is -0.0408. The van der Waals surface area contributed by atoms with Crippen LogP contribution >= 0.6 is 0 Å². The number of amides is 1. The Morgan fingerprint density at radius 1 is 1.29 bits per heavy atom. The number of nitrogens with one attached hydrogen (secondary N) is 1. The van der Waals surface area contributed by atoms with E-state index in [1.165, 1.54) is 16.9 Å². The van der Waals surface area contributed by atoms with E-state index >= 15 is 0 Å². The Bertz CT molecular complexity index is 734. The van der Waals surface area contributed by atoms with Crippen LogP contribution in [0.1, 0.15) is 42.7 Å². The highest BCUT2D eigenvalue weighted by Gasteiger charge is 2.27. The van der Waals surface area contributed by atoms with E-state index in [1.54, 1.807) is 25.1 Å². The summed E-state index contributed by atoms with van der Waals surface area (Å²) in [5.41, 5.74) is 1.41. The van der Waals surface area contributed by atoms with Crippen molar-refractivity contribution in [2.75, 3.05) is 0 Å². The van der Waals surface area contributed by atoms with Gasteiger partial charge in [0.25, 0.3) is 5.91 Å². The minimum atomic E-state index is -0.372. The van der Waals surface area contributed by atoms with Crippen LogP contribution in [0.3, 0.4) is 0 Å². The lowest BCUT2D eigenvalue weighted by atomic mass is 9.99. The van der Waals surface area contributed by atoms with Crippen molar-refractivity contribution >= 4 is 5.91 Å². The molecular weight excluding hydrogens is 309 g/mol. The summed E-state index contributed by atoms with van der Waals surface area (Å²) >= 11 is 0. The highest BCUT2D eigenvalue weighted by Crippen LogP contribution is 2.21. The average Bonchev–Trinajstić information content (AvgIpc) is 2.88. The number of carbonyl (C=O) groups excluding carboxylic acids is 1. The molecule has 0 aliphatic carbocycles. The molecule has 1 aliphatic rings. The number of carbonyl (C=O) groups is 1. The van der Waals surface area contributed by atoms with Gasteiger partial charge in [0.05, 0.1) is 29.7 Å². The predicted octanol–water partition coefficient (Wildman–Crippen LogP) is 3.01. The second-order valence-electron chi connectivity index (χ2n) is 6.41. The molecule has 1 aliphatic heterocycles. The molecule has 0 bridgehead atoms. The van der Waals surface area contributed by atoms with Gasteiger partial charge in [-0.15, -0.1) is 0 Å². The van der Waals surface area contributed by atoms with Gasteiger partial charge < -0.3 is 10.1 Å². The number of benzene rings is 1. The highest BCUT2D eigenvalue weighted by molar-refractivity contribution is 5.95. The van der Waals surface area contributed by atoms with Crippen molar-refractivity contribution in [3.63, 3.8) is 0 Å². The molecule has 1 N–H and O–H groups in total. The standard InChI is InChI=1S/C18H22FN3O2/c1-11-8-14(9-12(2)24-11)21-18(23)15-10-20-22(13(15)3)17-7-5-4-6-16(17)19/h4-7,10-12,14H,8-9H2,1-3H3,(H,21,23)/t11-,12-/m1/s1. The maximum absolute atomic E-state index is 13.9.